The summed E-state index contributed by atoms with van der Waals surface area (Å²) in [7, 11) is 1.41. The zero-order valence-electron chi connectivity index (χ0n) is 7.61. The van der Waals surface area contributed by atoms with Gasteiger partial charge in [0.25, 0.3) is 5.91 Å². The summed E-state index contributed by atoms with van der Waals surface area (Å²) >= 11 is 0. The van der Waals surface area contributed by atoms with Crippen molar-refractivity contribution < 1.29 is 14.3 Å². The van der Waals surface area contributed by atoms with Gasteiger partial charge in [-0.2, -0.15) is 0 Å². The Morgan fingerprint density at radius 3 is 2.29 bits per heavy atom. The summed E-state index contributed by atoms with van der Waals surface area (Å²) in [5.41, 5.74) is 10.5. The molecule has 4 N–H and O–H groups in total. The molecule has 0 aliphatic rings. The van der Waals surface area contributed by atoms with Crippen molar-refractivity contribution in [2.45, 2.75) is 0 Å². The standard InChI is InChI=1S/C9H10N2O3/c1-14-7-3-2-5(8(10)12)4-6(7)9(11)13/h2-4H,1H3,(H2,10,12)(H2,11,13). The van der Waals surface area contributed by atoms with E-state index in [-0.39, 0.29) is 11.1 Å². The second-order valence-corrected chi connectivity index (χ2v) is 2.64. The molecular formula is C9H10N2O3. The molecule has 1 rings (SSSR count). The molecule has 0 unspecified atom stereocenters. The van der Waals surface area contributed by atoms with Crippen LogP contribution < -0.4 is 16.2 Å². The Morgan fingerprint density at radius 1 is 1.21 bits per heavy atom. The van der Waals surface area contributed by atoms with E-state index in [0.717, 1.165) is 0 Å². The summed E-state index contributed by atoms with van der Waals surface area (Å²) in [6.07, 6.45) is 0. The zero-order valence-corrected chi connectivity index (χ0v) is 7.61. The normalized spacial score (nSPS) is 9.50. The molecule has 1 aromatic rings. The van der Waals surface area contributed by atoms with Crippen LogP contribution in [0, 0.1) is 0 Å². The number of carbonyl (C=O) groups excluding carboxylic acids is 2. The van der Waals surface area contributed by atoms with Gasteiger partial charge in [0.1, 0.15) is 5.75 Å². The minimum atomic E-state index is -0.662. The van der Waals surface area contributed by atoms with E-state index in [4.69, 9.17) is 16.2 Å². The van der Waals surface area contributed by atoms with Crippen LogP contribution in [0.4, 0.5) is 0 Å². The molecule has 0 saturated heterocycles. The average molecular weight is 194 g/mol. The maximum atomic E-state index is 10.9. The maximum Gasteiger partial charge on any atom is 0.252 e. The van der Waals surface area contributed by atoms with E-state index in [1.165, 1.54) is 25.3 Å². The number of ether oxygens (including phenoxy) is 1. The van der Waals surface area contributed by atoms with Crippen molar-refractivity contribution in [1.29, 1.82) is 0 Å². The van der Waals surface area contributed by atoms with Gasteiger partial charge in [-0.3, -0.25) is 9.59 Å². The number of methoxy groups -OCH3 is 1. The van der Waals surface area contributed by atoms with E-state index in [1.807, 2.05) is 0 Å². The fraction of sp³-hybridized carbons (Fsp3) is 0.111. The van der Waals surface area contributed by atoms with Crippen LogP contribution in [0.2, 0.25) is 0 Å². The molecular weight excluding hydrogens is 184 g/mol. The van der Waals surface area contributed by atoms with E-state index >= 15 is 0 Å². The highest BCUT2D eigenvalue weighted by atomic mass is 16.5. The number of primary amides is 2. The Balaban J connectivity index is 3.27. The van der Waals surface area contributed by atoms with Crippen molar-refractivity contribution in [2.24, 2.45) is 11.5 Å². The third-order valence-electron chi connectivity index (χ3n) is 1.75. The molecule has 14 heavy (non-hydrogen) atoms. The Labute approximate surface area is 80.6 Å². The minimum absolute atomic E-state index is 0.142. The molecule has 0 bridgehead atoms. The van der Waals surface area contributed by atoms with Crippen LogP contribution in [-0.2, 0) is 0 Å². The average Bonchev–Trinajstić information content (AvgIpc) is 2.16. The monoisotopic (exact) mass is 194 g/mol. The summed E-state index contributed by atoms with van der Waals surface area (Å²) in [5.74, 6) is -0.956. The number of carbonyl (C=O) groups is 2. The number of rotatable bonds is 3. The highest BCUT2D eigenvalue weighted by Crippen LogP contribution is 2.18. The minimum Gasteiger partial charge on any atom is -0.496 e. The van der Waals surface area contributed by atoms with E-state index in [1.54, 1.807) is 0 Å². The van der Waals surface area contributed by atoms with Crippen molar-refractivity contribution in [3.05, 3.63) is 29.3 Å². The van der Waals surface area contributed by atoms with Gasteiger partial charge in [-0.05, 0) is 18.2 Å². The van der Waals surface area contributed by atoms with Gasteiger partial charge in [0.15, 0.2) is 0 Å². The molecule has 0 fully saturated rings. The number of hydrogen-bond acceptors (Lipinski definition) is 3. The Bertz CT molecular complexity index is 388. The molecule has 0 aliphatic carbocycles. The van der Waals surface area contributed by atoms with Crippen molar-refractivity contribution in [3.8, 4) is 5.75 Å². The SMILES string of the molecule is COc1ccc(C(N)=O)cc1C(N)=O. The van der Waals surface area contributed by atoms with E-state index in [2.05, 4.69) is 0 Å². The lowest BCUT2D eigenvalue weighted by Gasteiger charge is -2.05. The lowest BCUT2D eigenvalue weighted by Crippen LogP contribution is -2.16. The van der Waals surface area contributed by atoms with E-state index in [0.29, 0.717) is 5.75 Å². The molecule has 0 aliphatic heterocycles. The molecule has 5 heteroatoms. The molecule has 1 aromatic carbocycles. The molecule has 0 radical (unpaired) electrons. The number of amides is 2. The lowest BCUT2D eigenvalue weighted by molar-refractivity contribution is 0.0997. The third kappa shape index (κ3) is 1.82. The molecule has 0 heterocycles. The molecule has 2 amide bonds. The first kappa shape index (κ1) is 10.0. The topological polar surface area (TPSA) is 95.4 Å². The van der Waals surface area contributed by atoms with Gasteiger partial charge in [-0.1, -0.05) is 0 Å². The predicted molar refractivity (Wildman–Crippen MR) is 50.0 cm³/mol. The molecule has 5 nitrogen and oxygen atoms in total. The first-order valence-corrected chi connectivity index (χ1v) is 3.84. The third-order valence-corrected chi connectivity index (χ3v) is 1.75. The lowest BCUT2D eigenvalue weighted by atomic mass is 10.1. The van der Waals surface area contributed by atoms with Gasteiger partial charge in [-0.15, -0.1) is 0 Å². The Kier molecular flexibility index (Phi) is 2.71. The molecule has 0 atom stereocenters. The zero-order chi connectivity index (χ0) is 10.7. The highest BCUT2D eigenvalue weighted by Gasteiger charge is 2.11. The Hall–Kier alpha value is -2.04. The van der Waals surface area contributed by atoms with Crippen molar-refractivity contribution >= 4 is 11.8 Å². The second-order valence-electron chi connectivity index (χ2n) is 2.64. The maximum absolute atomic E-state index is 10.9. The highest BCUT2D eigenvalue weighted by molar-refractivity contribution is 6.00. The summed E-state index contributed by atoms with van der Waals surface area (Å²) in [6, 6.07) is 4.25. The van der Waals surface area contributed by atoms with Crippen molar-refractivity contribution in [1.82, 2.24) is 0 Å². The molecule has 0 aromatic heterocycles. The summed E-state index contributed by atoms with van der Waals surface area (Å²) in [5, 5.41) is 0. The Morgan fingerprint density at radius 2 is 1.86 bits per heavy atom. The van der Waals surface area contributed by atoms with Gasteiger partial charge < -0.3 is 16.2 Å². The van der Waals surface area contributed by atoms with Gasteiger partial charge in [-0.25, -0.2) is 0 Å². The van der Waals surface area contributed by atoms with Crippen molar-refractivity contribution in [3.63, 3.8) is 0 Å². The van der Waals surface area contributed by atoms with Crippen molar-refractivity contribution in [2.75, 3.05) is 7.11 Å². The predicted octanol–water partition coefficient (Wildman–Crippen LogP) is -0.107. The second kappa shape index (κ2) is 3.78. The molecule has 0 spiro atoms. The number of hydrogen-bond donors (Lipinski definition) is 2. The van der Waals surface area contributed by atoms with Crippen LogP contribution in [0.5, 0.6) is 5.75 Å². The summed E-state index contributed by atoms with van der Waals surface area (Å²) < 4.78 is 4.89. The van der Waals surface area contributed by atoms with Crippen LogP contribution in [0.25, 0.3) is 0 Å². The first-order chi connectivity index (χ1) is 6.56. The fourth-order valence-corrected chi connectivity index (χ4v) is 1.05. The quantitative estimate of drug-likeness (QED) is 0.702. The number of nitrogens with two attached hydrogens (primary N) is 2. The van der Waals surface area contributed by atoms with E-state index in [9.17, 15) is 9.59 Å². The van der Waals surface area contributed by atoms with Crippen LogP contribution in [0.3, 0.4) is 0 Å². The van der Waals surface area contributed by atoms with Gasteiger partial charge in [0.2, 0.25) is 5.91 Å². The first-order valence-electron chi connectivity index (χ1n) is 3.84. The van der Waals surface area contributed by atoms with Crippen LogP contribution >= 0.6 is 0 Å². The largest absolute Gasteiger partial charge is 0.496 e. The van der Waals surface area contributed by atoms with Crippen LogP contribution in [0.1, 0.15) is 20.7 Å². The molecule has 74 valence electrons. The van der Waals surface area contributed by atoms with Crippen LogP contribution in [0.15, 0.2) is 18.2 Å². The number of benzene rings is 1. The van der Waals surface area contributed by atoms with Gasteiger partial charge >= 0.3 is 0 Å². The van der Waals surface area contributed by atoms with Gasteiger partial charge in [0, 0.05) is 5.56 Å². The molecule has 0 saturated carbocycles. The smallest absolute Gasteiger partial charge is 0.252 e. The van der Waals surface area contributed by atoms with E-state index < -0.39 is 11.8 Å². The summed E-state index contributed by atoms with van der Waals surface area (Å²) in [4.78, 5) is 21.8. The fourth-order valence-electron chi connectivity index (χ4n) is 1.05. The van der Waals surface area contributed by atoms with Gasteiger partial charge in [0.05, 0.1) is 12.7 Å². The van der Waals surface area contributed by atoms with Crippen LogP contribution in [-0.4, -0.2) is 18.9 Å². The summed E-state index contributed by atoms with van der Waals surface area (Å²) in [6.45, 7) is 0.